The van der Waals surface area contributed by atoms with Crippen molar-refractivity contribution in [3.63, 3.8) is 0 Å². The van der Waals surface area contributed by atoms with Gasteiger partial charge in [0.05, 0.1) is 29.2 Å². The maximum atomic E-state index is 12.6. The van der Waals surface area contributed by atoms with E-state index in [-0.39, 0.29) is 18.1 Å². The summed E-state index contributed by atoms with van der Waals surface area (Å²) in [6.45, 7) is 6.76. The average molecular weight is 356 g/mol. The second-order valence-electron chi connectivity index (χ2n) is 6.51. The molecule has 3 rings (SSSR count). The Labute approximate surface area is 153 Å². The largest absolute Gasteiger partial charge is 0.380 e. The van der Waals surface area contributed by atoms with Crippen molar-refractivity contribution in [2.75, 3.05) is 25.1 Å². The van der Waals surface area contributed by atoms with Crippen molar-refractivity contribution in [3.05, 3.63) is 41.4 Å². The van der Waals surface area contributed by atoms with Gasteiger partial charge in [-0.05, 0) is 33.3 Å². The summed E-state index contributed by atoms with van der Waals surface area (Å²) in [6, 6.07) is 1.96. The van der Waals surface area contributed by atoms with Gasteiger partial charge in [0.2, 0.25) is 0 Å². The molecule has 2 atom stereocenters. The molecule has 0 spiro atoms. The molecule has 0 aromatic carbocycles. The zero-order valence-corrected chi connectivity index (χ0v) is 15.6. The monoisotopic (exact) mass is 356 g/mol. The Morgan fingerprint density at radius 1 is 1.27 bits per heavy atom. The van der Waals surface area contributed by atoms with Crippen molar-refractivity contribution < 1.29 is 9.53 Å². The molecular weight excluding hydrogens is 332 g/mol. The molecule has 1 amide bonds. The topological polar surface area (TPSA) is 93.1 Å². The summed E-state index contributed by atoms with van der Waals surface area (Å²) in [7, 11) is 1.71. The van der Waals surface area contributed by atoms with Crippen molar-refractivity contribution in [3.8, 4) is 0 Å². The van der Waals surface area contributed by atoms with E-state index >= 15 is 0 Å². The number of hydrogen-bond donors (Lipinski definition) is 1. The first-order chi connectivity index (χ1) is 12.5. The standard InChI is InChI=1S/C18H24N6O2/c1-11-12(2)23-17(13(3)22-11)18(25)20-8-14-7-15(26-4)9-24(14)16-5-6-19-10-21-16/h5-6,10,14-15H,7-9H2,1-4H3,(H,20,25)/t14-,15-/m1/s1. The minimum Gasteiger partial charge on any atom is -0.380 e. The summed E-state index contributed by atoms with van der Waals surface area (Å²) in [5, 5.41) is 2.99. The molecule has 0 unspecified atom stereocenters. The summed E-state index contributed by atoms with van der Waals surface area (Å²) in [5.41, 5.74) is 2.62. The van der Waals surface area contributed by atoms with Crippen LogP contribution in [0.3, 0.4) is 0 Å². The molecule has 3 heterocycles. The quantitative estimate of drug-likeness (QED) is 0.861. The van der Waals surface area contributed by atoms with E-state index in [1.54, 1.807) is 20.2 Å². The number of carbonyl (C=O) groups is 1. The van der Waals surface area contributed by atoms with Crippen LogP contribution in [0.2, 0.25) is 0 Å². The van der Waals surface area contributed by atoms with Gasteiger partial charge < -0.3 is 15.0 Å². The van der Waals surface area contributed by atoms with E-state index in [0.29, 0.717) is 17.9 Å². The minimum absolute atomic E-state index is 0.0959. The normalized spacial score (nSPS) is 19.6. The van der Waals surface area contributed by atoms with Crippen LogP contribution in [0.5, 0.6) is 0 Å². The first-order valence-electron chi connectivity index (χ1n) is 8.65. The average Bonchev–Trinajstić information content (AvgIpc) is 3.07. The van der Waals surface area contributed by atoms with Crippen LogP contribution in [0, 0.1) is 20.8 Å². The summed E-state index contributed by atoms with van der Waals surface area (Å²) in [4.78, 5) is 31.8. The third kappa shape index (κ3) is 3.80. The number of carbonyl (C=O) groups excluding carboxylic acids is 1. The van der Waals surface area contributed by atoms with Gasteiger partial charge in [-0.3, -0.25) is 9.78 Å². The lowest BCUT2D eigenvalue weighted by atomic mass is 10.2. The molecule has 0 aliphatic carbocycles. The van der Waals surface area contributed by atoms with E-state index < -0.39 is 0 Å². The van der Waals surface area contributed by atoms with Crippen molar-refractivity contribution >= 4 is 11.7 Å². The fourth-order valence-electron chi connectivity index (χ4n) is 3.20. The lowest BCUT2D eigenvalue weighted by Crippen LogP contribution is -2.41. The molecule has 1 aliphatic rings. The molecule has 2 aromatic heterocycles. The molecule has 1 saturated heterocycles. The number of hydrogen-bond acceptors (Lipinski definition) is 7. The predicted octanol–water partition coefficient (Wildman–Crippen LogP) is 1.22. The Hall–Kier alpha value is -2.61. The van der Waals surface area contributed by atoms with Gasteiger partial charge in [0.1, 0.15) is 17.8 Å². The number of aryl methyl sites for hydroxylation is 3. The van der Waals surface area contributed by atoms with E-state index in [2.05, 4.69) is 30.2 Å². The fourth-order valence-corrected chi connectivity index (χ4v) is 3.20. The van der Waals surface area contributed by atoms with Crippen molar-refractivity contribution in [1.82, 2.24) is 25.3 Å². The Morgan fingerprint density at radius 2 is 2.04 bits per heavy atom. The van der Waals surface area contributed by atoms with E-state index in [9.17, 15) is 4.79 Å². The molecule has 8 nitrogen and oxygen atoms in total. The lowest BCUT2D eigenvalue weighted by Gasteiger charge is -2.25. The highest BCUT2D eigenvalue weighted by Gasteiger charge is 2.33. The number of ether oxygens (including phenoxy) is 1. The van der Waals surface area contributed by atoms with E-state index in [1.165, 1.54) is 6.33 Å². The molecule has 1 fully saturated rings. The van der Waals surface area contributed by atoms with Gasteiger partial charge in [-0.2, -0.15) is 0 Å². The molecule has 138 valence electrons. The third-order valence-corrected chi connectivity index (χ3v) is 4.76. The van der Waals surface area contributed by atoms with Crippen LogP contribution in [0.25, 0.3) is 0 Å². The van der Waals surface area contributed by atoms with Crippen LogP contribution in [-0.4, -0.2) is 58.2 Å². The molecule has 1 aliphatic heterocycles. The minimum atomic E-state index is -0.207. The number of aromatic nitrogens is 4. The van der Waals surface area contributed by atoms with Crippen LogP contribution in [0.15, 0.2) is 18.6 Å². The second kappa shape index (κ2) is 7.74. The lowest BCUT2D eigenvalue weighted by molar-refractivity contribution is 0.0940. The number of rotatable bonds is 5. The summed E-state index contributed by atoms with van der Waals surface area (Å²) < 4.78 is 5.51. The molecule has 0 saturated carbocycles. The molecular formula is C18H24N6O2. The number of amides is 1. The first-order valence-corrected chi connectivity index (χ1v) is 8.65. The van der Waals surface area contributed by atoms with Gasteiger partial charge in [-0.1, -0.05) is 0 Å². The molecule has 26 heavy (non-hydrogen) atoms. The van der Waals surface area contributed by atoms with Crippen molar-refractivity contribution in [1.29, 1.82) is 0 Å². The van der Waals surface area contributed by atoms with Crippen molar-refractivity contribution in [2.45, 2.75) is 39.3 Å². The zero-order chi connectivity index (χ0) is 18.7. The van der Waals surface area contributed by atoms with Gasteiger partial charge in [0.15, 0.2) is 0 Å². The van der Waals surface area contributed by atoms with Crippen LogP contribution in [0.4, 0.5) is 5.82 Å². The van der Waals surface area contributed by atoms with E-state index in [0.717, 1.165) is 30.2 Å². The second-order valence-corrected chi connectivity index (χ2v) is 6.51. The maximum absolute atomic E-state index is 12.6. The maximum Gasteiger partial charge on any atom is 0.271 e. The smallest absolute Gasteiger partial charge is 0.271 e. The summed E-state index contributed by atoms with van der Waals surface area (Å²) in [5.74, 6) is 0.627. The van der Waals surface area contributed by atoms with Gasteiger partial charge in [-0.15, -0.1) is 0 Å². The fraction of sp³-hybridized carbons (Fsp3) is 0.500. The molecule has 0 bridgehead atoms. The number of anilines is 1. The molecule has 0 radical (unpaired) electrons. The number of methoxy groups -OCH3 is 1. The highest BCUT2D eigenvalue weighted by Crippen LogP contribution is 2.24. The van der Waals surface area contributed by atoms with Crippen LogP contribution >= 0.6 is 0 Å². The van der Waals surface area contributed by atoms with Crippen molar-refractivity contribution in [2.24, 2.45) is 0 Å². The summed E-state index contributed by atoms with van der Waals surface area (Å²) >= 11 is 0. The Balaban J connectivity index is 1.71. The van der Waals surface area contributed by atoms with Crippen LogP contribution < -0.4 is 10.2 Å². The highest BCUT2D eigenvalue weighted by atomic mass is 16.5. The zero-order valence-electron chi connectivity index (χ0n) is 15.6. The van der Waals surface area contributed by atoms with Crippen LogP contribution in [0.1, 0.15) is 34.0 Å². The SMILES string of the molecule is CO[C@@H]1C[C@H](CNC(=O)c2nc(C)c(C)nc2C)N(c2ccncn2)C1. The Morgan fingerprint density at radius 3 is 2.73 bits per heavy atom. The van der Waals surface area contributed by atoms with Gasteiger partial charge in [-0.25, -0.2) is 15.0 Å². The Bertz CT molecular complexity index is 783. The van der Waals surface area contributed by atoms with Gasteiger partial charge >= 0.3 is 0 Å². The highest BCUT2D eigenvalue weighted by molar-refractivity contribution is 5.93. The van der Waals surface area contributed by atoms with E-state index in [4.69, 9.17) is 4.74 Å². The predicted molar refractivity (Wildman–Crippen MR) is 97.2 cm³/mol. The Kier molecular flexibility index (Phi) is 5.41. The van der Waals surface area contributed by atoms with Crippen LogP contribution in [-0.2, 0) is 4.74 Å². The van der Waals surface area contributed by atoms with Gasteiger partial charge in [0.25, 0.3) is 5.91 Å². The number of nitrogens with one attached hydrogen (secondary N) is 1. The molecule has 1 N–H and O–H groups in total. The molecule has 2 aromatic rings. The molecule has 8 heteroatoms. The third-order valence-electron chi connectivity index (χ3n) is 4.76. The number of nitrogens with zero attached hydrogens (tertiary/aromatic N) is 5. The first kappa shape index (κ1) is 18.2. The van der Waals surface area contributed by atoms with Gasteiger partial charge in [0, 0.05) is 26.4 Å². The summed E-state index contributed by atoms with van der Waals surface area (Å²) in [6.07, 6.45) is 4.17. The van der Waals surface area contributed by atoms with E-state index in [1.807, 2.05) is 19.9 Å².